The summed E-state index contributed by atoms with van der Waals surface area (Å²) in [7, 11) is 0. The number of amides is 1. The molecule has 5 nitrogen and oxygen atoms in total. The van der Waals surface area contributed by atoms with E-state index in [-0.39, 0.29) is 23.9 Å². The number of likely N-dealkylation sites (tertiary alicyclic amines) is 1. The predicted octanol–water partition coefficient (Wildman–Crippen LogP) is 2.01. The van der Waals surface area contributed by atoms with Crippen LogP contribution < -0.4 is 5.32 Å². The maximum absolute atomic E-state index is 12.4. The topological polar surface area (TPSA) is 69.6 Å². The second-order valence-electron chi connectivity index (χ2n) is 6.52. The smallest absolute Gasteiger partial charge is 0.306 e. The highest BCUT2D eigenvalue weighted by atomic mass is 16.4. The average molecular weight is 296 g/mol. The van der Waals surface area contributed by atoms with E-state index in [0.717, 1.165) is 25.9 Å². The summed E-state index contributed by atoms with van der Waals surface area (Å²) in [5.41, 5.74) is 0. The third-order valence-electron chi connectivity index (χ3n) is 4.99. The van der Waals surface area contributed by atoms with E-state index in [1.54, 1.807) is 0 Å². The largest absolute Gasteiger partial charge is 0.481 e. The van der Waals surface area contributed by atoms with Crippen LogP contribution in [0.3, 0.4) is 0 Å². The third-order valence-corrected chi connectivity index (χ3v) is 4.99. The van der Waals surface area contributed by atoms with Gasteiger partial charge in [0.25, 0.3) is 0 Å². The second kappa shape index (κ2) is 7.78. The van der Waals surface area contributed by atoms with Crippen molar-refractivity contribution >= 4 is 11.9 Å². The number of carboxylic acids is 1. The molecule has 0 bridgehead atoms. The van der Waals surface area contributed by atoms with Crippen molar-refractivity contribution in [2.45, 2.75) is 70.4 Å². The van der Waals surface area contributed by atoms with Gasteiger partial charge in [-0.25, -0.2) is 0 Å². The lowest BCUT2D eigenvalue weighted by Crippen LogP contribution is -2.49. The number of aliphatic carboxylic acids is 1. The minimum atomic E-state index is -0.697. The molecule has 1 aliphatic carbocycles. The first-order chi connectivity index (χ1) is 10.1. The Kier molecular flexibility index (Phi) is 6.03. The minimum Gasteiger partial charge on any atom is -0.481 e. The molecule has 2 rings (SSSR count). The zero-order valence-electron chi connectivity index (χ0n) is 13.0. The van der Waals surface area contributed by atoms with Crippen molar-refractivity contribution < 1.29 is 14.7 Å². The Morgan fingerprint density at radius 3 is 2.14 bits per heavy atom. The van der Waals surface area contributed by atoms with Crippen molar-refractivity contribution in [2.75, 3.05) is 13.1 Å². The van der Waals surface area contributed by atoms with Crippen LogP contribution in [0.1, 0.15) is 58.3 Å². The van der Waals surface area contributed by atoms with Gasteiger partial charge in [-0.2, -0.15) is 0 Å². The predicted molar refractivity (Wildman–Crippen MR) is 81.0 cm³/mol. The monoisotopic (exact) mass is 296 g/mol. The number of carbonyl (C=O) groups is 2. The second-order valence-corrected chi connectivity index (χ2v) is 6.52. The number of hydrogen-bond acceptors (Lipinski definition) is 3. The van der Waals surface area contributed by atoms with Gasteiger partial charge >= 0.3 is 5.97 Å². The molecular weight excluding hydrogens is 268 g/mol. The lowest BCUT2D eigenvalue weighted by Gasteiger charge is -2.31. The van der Waals surface area contributed by atoms with Crippen LogP contribution in [0, 0.1) is 5.92 Å². The van der Waals surface area contributed by atoms with Gasteiger partial charge in [-0.1, -0.05) is 12.8 Å². The van der Waals surface area contributed by atoms with Crippen LogP contribution in [0.15, 0.2) is 0 Å². The zero-order valence-corrected chi connectivity index (χ0v) is 13.0. The molecule has 1 atom stereocenters. The fraction of sp³-hybridized carbons (Fsp3) is 0.875. The van der Waals surface area contributed by atoms with Crippen LogP contribution in [-0.2, 0) is 9.59 Å². The Bertz CT molecular complexity index is 357. The van der Waals surface area contributed by atoms with Crippen molar-refractivity contribution in [3.8, 4) is 0 Å². The van der Waals surface area contributed by atoms with Crippen LogP contribution in [0.2, 0.25) is 0 Å². The van der Waals surface area contributed by atoms with Gasteiger partial charge < -0.3 is 10.4 Å². The molecule has 0 radical (unpaired) electrons. The number of rotatable bonds is 4. The highest BCUT2D eigenvalue weighted by molar-refractivity contribution is 5.81. The fourth-order valence-corrected chi connectivity index (χ4v) is 3.45. The number of nitrogens with one attached hydrogen (secondary N) is 1. The van der Waals surface area contributed by atoms with Crippen molar-refractivity contribution in [3.63, 3.8) is 0 Å². The summed E-state index contributed by atoms with van der Waals surface area (Å²) in [4.78, 5) is 25.6. The molecule has 2 fully saturated rings. The first-order valence-corrected chi connectivity index (χ1v) is 8.35. The first-order valence-electron chi connectivity index (χ1n) is 8.35. The molecule has 5 heteroatoms. The average Bonchev–Trinajstić information content (AvgIpc) is 2.76. The van der Waals surface area contributed by atoms with Gasteiger partial charge in [-0.3, -0.25) is 14.5 Å². The van der Waals surface area contributed by atoms with Gasteiger partial charge in [-0.15, -0.1) is 0 Å². The van der Waals surface area contributed by atoms with Gasteiger partial charge in [0.1, 0.15) is 0 Å². The Labute approximate surface area is 127 Å². The van der Waals surface area contributed by atoms with E-state index < -0.39 is 5.97 Å². The molecule has 1 saturated carbocycles. The van der Waals surface area contributed by atoms with Crippen LogP contribution in [0.5, 0.6) is 0 Å². The molecule has 120 valence electrons. The first kappa shape index (κ1) is 16.3. The number of carbonyl (C=O) groups excluding carboxylic acids is 1. The van der Waals surface area contributed by atoms with Crippen molar-refractivity contribution in [3.05, 3.63) is 0 Å². The van der Waals surface area contributed by atoms with E-state index in [0.29, 0.717) is 12.8 Å². The molecule has 1 unspecified atom stereocenters. The normalized spacial score (nSPS) is 29.4. The van der Waals surface area contributed by atoms with Gasteiger partial charge in [0, 0.05) is 6.04 Å². The maximum Gasteiger partial charge on any atom is 0.306 e. The van der Waals surface area contributed by atoms with Crippen molar-refractivity contribution in [2.24, 2.45) is 5.92 Å². The van der Waals surface area contributed by atoms with Gasteiger partial charge in [0.2, 0.25) is 5.91 Å². The Hall–Kier alpha value is -1.10. The van der Waals surface area contributed by atoms with Gasteiger partial charge in [-0.05, 0) is 58.5 Å². The van der Waals surface area contributed by atoms with E-state index >= 15 is 0 Å². The van der Waals surface area contributed by atoms with Gasteiger partial charge in [0.05, 0.1) is 12.0 Å². The van der Waals surface area contributed by atoms with E-state index in [2.05, 4.69) is 10.2 Å². The minimum absolute atomic E-state index is 0.0692. The molecule has 0 aromatic rings. The summed E-state index contributed by atoms with van der Waals surface area (Å²) < 4.78 is 0. The van der Waals surface area contributed by atoms with E-state index in [9.17, 15) is 9.59 Å². The van der Waals surface area contributed by atoms with E-state index in [1.165, 1.54) is 25.7 Å². The van der Waals surface area contributed by atoms with Gasteiger partial charge in [0.15, 0.2) is 0 Å². The Morgan fingerprint density at radius 1 is 1.05 bits per heavy atom. The van der Waals surface area contributed by atoms with Crippen molar-refractivity contribution in [1.82, 2.24) is 10.2 Å². The lowest BCUT2D eigenvalue weighted by molar-refractivity contribution is -0.142. The number of nitrogens with zero attached hydrogens (tertiary/aromatic N) is 1. The van der Waals surface area contributed by atoms with E-state index in [4.69, 9.17) is 5.11 Å². The molecule has 2 aliphatic rings. The molecule has 1 amide bonds. The van der Waals surface area contributed by atoms with Crippen LogP contribution in [-0.4, -0.2) is 47.1 Å². The maximum atomic E-state index is 12.4. The molecule has 0 aromatic heterocycles. The molecule has 0 spiro atoms. The van der Waals surface area contributed by atoms with E-state index in [1.807, 2.05) is 6.92 Å². The van der Waals surface area contributed by atoms with Crippen molar-refractivity contribution in [1.29, 1.82) is 0 Å². The number of hydrogen-bond donors (Lipinski definition) is 2. The summed E-state index contributed by atoms with van der Waals surface area (Å²) >= 11 is 0. The molecule has 0 aromatic carbocycles. The molecule has 2 N–H and O–H groups in total. The van der Waals surface area contributed by atoms with Crippen LogP contribution in [0.4, 0.5) is 0 Å². The highest BCUT2D eigenvalue weighted by Crippen LogP contribution is 2.24. The number of carboxylic acid groups (broad SMARTS) is 1. The quantitative estimate of drug-likeness (QED) is 0.832. The Morgan fingerprint density at radius 2 is 1.62 bits per heavy atom. The molecule has 1 saturated heterocycles. The van der Waals surface area contributed by atoms with Crippen LogP contribution in [0.25, 0.3) is 0 Å². The standard InChI is InChI=1S/C16H28N2O3/c1-12(18-10-4-2-3-5-11-18)15(19)17-14-8-6-13(7-9-14)16(20)21/h12-14H,2-11H2,1H3,(H,17,19)(H,20,21). The summed E-state index contributed by atoms with van der Waals surface area (Å²) in [5.74, 6) is -0.811. The Balaban J connectivity index is 1.77. The third kappa shape index (κ3) is 4.70. The molecule has 21 heavy (non-hydrogen) atoms. The summed E-state index contributed by atoms with van der Waals surface area (Å²) in [5, 5.41) is 12.1. The van der Waals surface area contributed by atoms with Crippen LogP contribution >= 0.6 is 0 Å². The summed E-state index contributed by atoms with van der Waals surface area (Å²) in [6, 6.07) is 0.0859. The highest BCUT2D eigenvalue weighted by Gasteiger charge is 2.29. The lowest BCUT2D eigenvalue weighted by atomic mass is 9.86. The summed E-state index contributed by atoms with van der Waals surface area (Å²) in [6.07, 6.45) is 7.83. The molecule has 1 aliphatic heterocycles. The SMILES string of the molecule is CC(C(=O)NC1CCC(C(=O)O)CC1)N1CCCCCC1. The molecular formula is C16H28N2O3. The zero-order chi connectivity index (χ0) is 15.2. The summed E-state index contributed by atoms with van der Waals surface area (Å²) in [6.45, 7) is 4.02. The molecule has 1 heterocycles. The fourth-order valence-electron chi connectivity index (χ4n) is 3.45.